The third-order valence-corrected chi connectivity index (χ3v) is 3.73. The Morgan fingerprint density at radius 3 is 2.75 bits per heavy atom. The van der Waals surface area contributed by atoms with Crippen molar-refractivity contribution in [2.24, 2.45) is 0 Å². The standard InChI is InChI=1S/C16H15ClN2O/c1-11-4-2-3-5-14(11)19-9-8-16(20)18-13-7-6-12(17)10-15(13)19/h2-7,10H,8-9H2,1H3,(H,18,20). The normalized spacial score (nSPS) is 14.5. The molecule has 1 aliphatic heterocycles. The maximum Gasteiger partial charge on any atom is 0.226 e. The molecule has 2 aromatic carbocycles. The first-order valence-corrected chi connectivity index (χ1v) is 6.95. The number of nitrogens with one attached hydrogen (secondary N) is 1. The fourth-order valence-electron chi connectivity index (χ4n) is 2.50. The van der Waals surface area contributed by atoms with Crippen molar-refractivity contribution in [2.75, 3.05) is 16.8 Å². The van der Waals surface area contributed by atoms with Gasteiger partial charge < -0.3 is 10.2 Å². The van der Waals surface area contributed by atoms with Gasteiger partial charge in [-0.05, 0) is 36.8 Å². The Hall–Kier alpha value is -2.00. The average molecular weight is 287 g/mol. The zero-order valence-corrected chi connectivity index (χ0v) is 11.9. The molecule has 1 N–H and O–H groups in total. The van der Waals surface area contributed by atoms with Crippen LogP contribution in [-0.2, 0) is 4.79 Å². The van der Waals surface area contributed by atoms with Crippen molar-refractivity contribution in [1.82, 2.24) is 0 Å². The van der Waals surface area contributed by atoms with E-state index in [0.717, 1.165) is 17.1 Å². The zero-order chi connectivity index (χ0) is 14.1. The molecule has 0 unspecified atom stereocenters. The first-order valence-electron chi connectivity index (χ1n) is 6.58. The molecule has 1 aliphatic rings. The number of halogens is 1. The Labute approximate surface area is 123 Å². The lowest BCUT2D eigenvalue weighted by Crippen LogP contribution is -2.19. The average Bonchev–Trinajstić information content (AvgIpc) is 2.58. The fraction of sp³-hybridized carbons (Fsp3) is 0.188. The molecule has 0 aromatic heterocycles. The lowest BCUT2D eigenvalue weighted by molar-refractivity contribution is -0.115. The molecule has 102 valence electrons. The number of hydrogen-bond acceptors (Lipinski definition) is 2. The number of benzene rings is 2. The van der Waals surface area contributed by atoms with Crippen LogP contribution in [0.5, 0.6) is 0 Å². The van der Waals surface area contributed by atoms with E-state index in [4.69, 9.17) is 11.6 Å². The molecule has 0 fully saturated rings. The van der Waals surface area contributed by atoms with Gasteiger partial charge in [0.05, 0.1) is 11.4 Å². The molecule has 0 spiro atoms. The largest absolute Gasteiger partial charge is 0.339 e. The predicted molar refractivity (Wildman–Crippen MR) is 82.9 cm³/mol. The molecule has 0 saturated carbocycles. The molecule has 0 saturated heterocycles. The van der Waals surface area contributed by atoms with Gasteiger partial charge in [-0.2, -0.15) is 0 Å². The number of para-hydroxylation sites is 1. The lowest BCUT2D eigenvalue weighted by atomic mass is 10.1. The van der Waals surface area contributed by atoms with Crippen molar-refractivity contribution in [3.05, 3.63) is 53.1 Å². The van der Waals surface area contributed by atoms with E-state index in [0.29, 0.717) is 18.0 Å². The van der Waals surface area contributed by atoms with Gasteiger partial charge in [0.25, 0.3) is 0 Å². The van der Waals surface area contributed by atoms with Gasteiger partial charge in [-0.25, -0.2) is 0 Å². The quantitative estimate of drug-likeness (QED) is 0.855. The summed E-state index contributed by atoms with van der Waals surface area (Å²) in [6, 6.07) is 13.7. The Bertz CT molecular complexity index is 669. The number of amides is 1. The molecular weight excluding hydrogens is 272 g/mol. The Morgan fingerprint density at radius 2 is 1.95 bits per heavy atom. The summed E-state index contributed by atoms with van der Waals surface area (Å²) in [5, 5.41) is 3.59. The fourth-order valence-corrected chi connectivity index (χ4v) is 2.66. The second kappa shape index (κ2) is 5.17. The van der Waals surface area contributed by atoms with Gasteiger partial charge in [0.15, 0.2) is 0 Å². The van der Waals surface area contributed by atoms with E-state index in [9.17, 15) is 4.79 Å². The smallest absolute Gasteiger partial charge is 0.226 e. The van der Waals surface area contributed by atoms with Gasteiger partial charge in [-0.1, -0.05) is 29.8 Å². The molecule has 4 heteroatoms. The zero-order valence-electron chi connectivity index (χ0n) is 11.2. The van der Waals surface area contributed by atoms with Crippen LogP contribution in [0.4, 0.5) is 17.1 Å². The number of aryl methyl sites for hydroxylation is 1. The number of carbonyl (C=O) groups is 1. The van der Waals surface area contributed by atoms with Crippen molar-refractivity contribution in [1.29, 1.82) is 0 Å². The Morgan fingerprint density at radius 1 is 1.15 bits per heavy atom. The maximum absolute atomic E-state index is 11.8. The summed E-state index contributed by atoms with van der Waals surface area (Å²) in [4.78, 5) is 14.0. The molecule has 2 aromatic rings. The molecule has 0 aliphatic carbocycles. The van der Waals surface area contributed by atoms with Crippen LogP contribution in [0.15, 0.2) is 42.5 Å². The maximum atomic E-state index is 11.8. The van der Waals surface area contributed by atoms with Crippen molar-refractivity contribution >= 4 is 34.6 Å². The summed E-state index contributed by atoms with van der Waals surface area (Å²) in [7, 11) is 0. The van der Waals surface area contributed by atoms with Crippen LogP contribution < -0.4 is 10.2 Å². The van der Waals surface area contributed by atoms with Crippen LogP contribution in [0.3, 0.4) is 0 Å². The predicted octanol–water partition coefficient (Wildman–Crippen LogP) is 4.13. The number of rotatable bonds is 1. The molecule has 0 bridgehead atoms. The second-order valence-corrected chi connectivity index (χ2v) is 5.33. The first-order chi connectivity index (χ1) is 9.65. The van der Waals surface area contributed by atoms with E-state index in [1.807, 2.05) is 24.3 Å². The summed E-state index contributed by atoms with van der Waals surface area (Å²) in [5.41, 5.74) is 4.03. The summed E-state index contributed by atoms with van der Waals surface area (Å²) < 4.78 is 0. The van der Waals surface area contributed by atoms with Gasteiger partial charge in [-0.3, -0.25) is 4.79 Å². The van der Waals surface area contributed by atoms with Crippen molar-refractivity contribution in [3.8, 4) is 0 Å². The Balaban J connectivity index is 2.15. The molecule has 1 heterocycles. The molecule has 3 nitrogen and oxygen atoms in total. The molecule has 0 radical (unpaired) electrons. The van der Waals surface area contributed by atoms with Crippen LogP contribution in [0.1, 0.15) is 12.0 Å². The molecule has 3 rings (SSSR count). The van der Waals surface area contributed by atoms with Gasteiger partial charge in [-0.15, -0.1) is 0 Å². The monoisotopic (exact) mass is 286 g/mol. The highest BCUT2D eigenvalue weighted by molar-refractivity contribution is 6.31. The first kappa shape index (κ1) is 13.0. The van der Waals surface area contributed by atoms with Gasteiger partial charge in [0.2, 0.25) is 5.91 Å². The number of carbonyl (C=O) groups excluding carboxylic acids is 1. The summed E-state index contributed by atoms with van der Waals surface area (Å²) in [6.45, 7) is 2.71. The highest BCUT2D eigenvalue weighted by atomic mass is 35.5. The van der Waals surface area contributed by atoms with Crippen molar-refractivity contribution in [2.45, 2.75) is 13.3 Å². The van der Waals surface area contributed by atoms with Gasteiger partial charge in [0, 0.05) is 23.7 Å². The van der Waals surface area contributed by atoms with Crippen LogP contribution in [0.25, 0.3) is 0 Å². The van der Waals surface area contributed by atoms with Crippen LogP contribution >= 0.6 is 11.6 Å². The number of anilines is 3. The van der Waals surface area contributed by atoms with E-state index in [-0.39, 0.29) is 5.91 Å². The van der Waals surface area contributed by atoms with Crippen LogP contribution in [0.2, 0.25) is 5.02 Å². The minimum absolute atomic E-state index is 0.0321. The SMILES string of the molecule is Cc1ccccc1N1CCC(=O)Nc2ccc(Cl)cc21. The Kier molecular flexibility index (Phi) is 3.36. The lowest BCUT2D eigenvalue weighted by Gasteiger charge is -2.26. The van der Waals surface area contributed by atoms with E-state index in [1.165, 1.54) is 5.56 Å². The highest BCUT2D eigenvalue weighted by Gasteiger charge is 2.21. The highest BCUT2D eigenvalue weighted by Crippen LogP contribution is 2.37. The van der Waals surface area contributed by atoms with Gasteiger partial charge >= 0.3 is 0 Å². The van der Waals surface area contributed by atoms with Crippen LogP contribution in [0, 0.1) is 6.92 Å². The van der Waals surface area contributed by atoms with Crippen LogP contribution in [-0.4, -0.2) is 12.5 Å². The minimum atomic E-state index is 0.0321. The molecule has 20 heavy (non-hydrogen) atoms. The van der Waals surface area contributed by atoms with Crippen molar-refractivity contribution in [3.63, 3.8) is 0 Å². The number of hydrogen-bond donors (Lipinski definition) is 1. The van der Waals surface area contributed by atoms with E-state index < -0.39 is 0 Å². The number of fused-ring (bicyclic) bond motifs is 1. The second-order valence-electron chi connectivity index (χ2n) is 4.90. The molecule has 0 atom stereocenters. The minimum Gasteiger partial charge on any atom is -0.339 e. The number of nitrogens with zero attached hydrogens (tertiary/aromatic N) is 1. The summed E-state index contributed by atoms with van der Waals surface area (Å²) in [6.07, 6.45) is 0.459. The molecular formula is C16H15ClN2O. The van der Waals surface area contributed by atoms with E-state index in [1.54, 1.807) is 6.07 Å². The topological polar surface area (TPSA) is 32.3 Å². The van der Waals surface area contributed by atoms with Gasteiger partial charge in [0.1, 0.15) is 0 Å². The van der Waals surface area contributed by atoms with E-state index >= 15 is 0 Å². The third kappa shape index (κ3) is 2.37. The third-order valence-electron chi connectivity index (χ3n) is 3.49. The van der Waals surface area contributed by atoms with Crippen molar-refractivity contribution < 1.29 is 4.79 Å². The summed E-state index contributed by atoms with van der Waals surface area (Å²) >= 11 is 6.12. The summed E-state index contributed by atoms with van der Waals surface area (Å²) in [5.74, 6) is 0.0321. The molecule has 1 amide bonds. The van der Waals surface area contributed by atoms with E-state index in [2.05, 4.69) is 29.3 Å².